The van der Waals surface area contributed by atoms with E-state index in [1.165, 1.54) is 15.9 Å². The number of hydrogen-bond donors (Lipinski definition) is 1. The van der Waals surface area contributed by atoms with E-state index in [1.54, 1.807) is 4.57 Å². The van der Waals surface area contributed by atoms with Gasteiger partial charge in [-0.3, -0.25) is 28.3 Å². The maximum absolute atomic E-state index is 13.8. The van der Waals surface area contributed by atoms with Crippen LogP contribution in [0, 0.1) is 0 Å². The molecule has 0 amide bonds. The highest BCUT2D eigenvalue weighted by Crippen LogP contribution is 2.30. The summed E-state index contributed by atoms with van der Waals surface area (Å²) in [6, 6.07) is 17.5. The summed E-state index contributed by atoms with van der Waals surface area (Å²) < 4.78 is 7.86. The van der Waals surface area contributed by atoms with E-state index in [1.807, 2.05) is 54.6 Å². The average molecular weight is 609 g/mol. The Kier molecular flexibility index (Phi) is 8.93. The summed E-state index contributed by atoms with van der Waals surface area (Å²) in [7, 11) is 2.11. The van der Waals surface area contributed by atoms with Gasteiger partial charge in [-0.05, 0) is 36.2 Å². The third-order valence-corrected chi connectivity index (χ3v) is 9.06. The van der Waals surface area contributed by atoms with Gasteiger partial charge in [0, 0.05) is 49.7 Å². The molecule has 1 N–H and O–H groups in total. The van der Waals surface area contributed by atoms with E-state index < -0.39 is 5.76 Å². The zero-order valence-electron chi connectivity index (χ0n) is 23.5. The van der Waals surface area contributed by atoms with Gasteiger partial charge in [0.1, 0.15) is 4.83 Å². The van der Waals surface area contributed by atoms with Crippen LogP contribution in [0.2, 0.25) is 0 Å². The Balaban J connectivity index is 0.00000353. The smallest absolute Gasteiger partial charge is 0.304 e. The lowest BCUT2D eigenvalue weighted by Gasteiger charge is -2.32. The van der Waals surface area contributed by atoms with Crippen molar-refractivity contribution in [3.8, 4) is 22.5 Å². The lowest BCUT2D eigenvalue weighted by molar-refractivity contribution is 0.149. The largest absolute Gasteiger partial charge is 0.439 e. The molecule has 10 nitrogen and oxygen atoms in total. The quantitative estimate of drug-likeness (QED) is 0.287. The molecule has 1 aliphatic heterocycles. The topological polar surface area (TPSA) is 109 Å². The molecule has 0 unspecified atom stereocenters. The number of benzene rings is 2. The molecule has 2 aromatic carbocycles. The average Bonchev–Trinajstić information content (AvgIpc) is 3.63. The fourth-order valence-electron chi connectivity index (χ4n) is 5.33. The number of thiophene rings is 1. The van der Waals surface area contributed by atoms with Crippen LogP contribution in [0.25, 0.3) is 32.7 Å². The molecule has 0 aliphatic carbocycles. The van der Waals surface area contributed by atoms with Gasteiger partial charge in [0.15, 0.2) is 5.82 Å². The summed E-state index contributed by atoms with van der Waals surface area (Å²) in [4.78, 5) is 47.8. The number of fused-ring (bicyclic) bond motifs is 1. The number of halogens is 1. The Morgan fingerprint density at radius 2 is 1.64 bits per heavy atom. The lowest BCUT2D eigenvalue weighted by atomic mass is 9.98. The predicted octanol–water partition coefficient (Wildman–Crippen LogP) is 3.51. The number of hydrogen-bond acceptors (Lipinski definition) is 8. The van der Waals surface area contributed by atoms with E-state index in [9.17, 15) is 14.4 Å². The molecular formula is C30H33ClN6O4S. The van der Waals surface area contributed by atoms with E-state index in [0.717, 1.165) is 64.6 Å². The second-order valence-electron chi connectivity index (χ2n) is 10.4. The van der Waals surface area contributed by atoms with Crippen molar-refractivity contribution >= 4 is 34.0 Å². The van der Waals surface area contributed by atoms with Crippen molar-refractivity contribution in [2.45, 2.75) is 26.4 Å². The number of nitrogens with zero attached hydrogens (tertiary/aromatic N) is 5. The summed E-state index contributed by atoms with van der Waals surface area (Å²) in [5, 5.41) is 4.45. The second-order valence-corrected chi connectivity index (χ2v) is 11.6. The summed E-state index contributed by atoms with van der Waals surface area (Å²) in [5.74, 6) is -0.238. The van der Waals surface area contributed by atoms with Crippen molar-refractivity contribution in [3.05, 3.63) is 96.4 Å². The Morgan fingerprint density at radius 1 is 0.929 bits per heavy atom. The van der Waals surface area contributed by atoms with Crippen molar-refractivity contribution in [1.29, 1.82) is 0 Å². The highest BCUT2D eigenvalue weighted by Gasteiger charge is 2.19. The third-order valence-electron chi connectivity index (χ3n) is 7.76. The number of likely N-dealkylation sites (N-methyl/N-ethyl adjacent to an activating group) is 1. The van der Waals surface area contributed by atoms with E-state index >= 15 is 0 Å². The van der Waals surface area contributed by atoms with Crippen molar-refractivity contribution in [2.75, 3.05) is 39.8 Å². The van der Waals surface area contributed by atoms with Gasteiger partial charge >= 0.3 is 11.4 Å². The molecule has 0 atom stereocenters. The summed E-state index contributed by atoms with van der Waals surface area (Å²) in [6.07, 6.45) is 0.805. The number of aromatic amines is 1. The van der Waals surface area contributed by atoms with Crippen LogP contribution in [0.15, 0.2) is 73.5 Å². The van der Waals surface area contributed by atoms with Gasteiger partial charge in [-0.25, -0.2) is 9.59 Å². The van der Waals surface area contributed by atoms with Crippen LogP contribution < -0.4 is 17.0 Å². The first-order valence-electron chi connectivity index (χ1n) is 13.8. The molecule has 6 rings (SSSR count). The molecule has 42 heavy (non-hydrogen) atoms. The first-order chi connectivity index (χ1) is 19.9. The molecule has 0 spiro atoms. The van der Waals surface area contributed by atoms with Gasteiger partial charge in [0.2, 0.25) is 0 Å². The summed E-state index contributed by atoms with van der Waals surface area (Å²) in [5.41, 5.74) is 3.05. The number of rotatable bonds is 8. The Morgan fingerprint density at radius 3 is 2.31 bits per heavy atom. The van der Waals surface area contributed by atoms with Gasteiger partial charge in [-0.2, -0.15) is 0 Å². The molecule has 1 aliphatic rings. The molecule has 0 bridgehead atoms. The van der Waals surface area contributed by atoms with Gasteiger partial charge < -0.3 is 4.90 Å². The van der Waals surface area contributed by atoms with Crippen molar-refractivity contribution in [3.63, 3.8) is 0 Å². The Labute approximate surface area is 252 Å². The fourth-order valence-corrected chi connectivity index (χ4v) is 6.41. The zero-order chi connectivity index (χ0) is 28.5. The van der Waals surface area contributed by atoms with Gasteiger partial charge in [0.05, 0.1) is 11.9 Å². The molecule has 1 saturated heterocycles. The normalized spacial score (nSPS) is 14.3. The van der Waals surface area contributed by atoms with Crippen LogP contribution in [-0.4, -0.2) is 68.8 Å². The minimum Gasteiger partial charge on any atom is -0.304 e. The molecule has 4 heterocycles. The molecule has 5 aromatic rings. The van der Waals surface area contributed by atoms with Gasteiger partial charge in [-0.1, -0.05) is 60.6 Å². The van der Waals surface area contributed by atoms with Crippen LogP contribution in [0.1, 0.15) is 17.4 Å². The molecule has 12 heteroatoms. The standard InChI is InChI=1S/C30H32N6O4S.ClH/c1-3-22-18-25-27(37)35(17-16-34-14-12-33(2)13-15-34)30(39)36(28(25)41-22)19-20-8-10-21(11-9-20)23-6-4-5-7-24(23)26-31-29(38)40-32-26;/h4-11,18H,3,12-17,19H2,1-2H3,(H,31,32,38);1H. The number of nitrogens with one attached hydrogen (secondary N) is 1. The van der Waals surface area contributed by atoms with Crippen LogP contribution in [-0.2, 0) is 19.5 Å². The fraction of sp³-hybridized carbons (Fsp3) is 0.333. The SMILES string of the molecule is CCc1cc2c(=O)n(CCN3CCN(C)CC3)c(=O)n(Cc3ccc(-c4ccccc4-c4noc(=O)[nH]4)cc3)c2s1.Cl. The number of piperazine rings is 1. The highest BCUT2D eigenvalue weighted by atomic mass is 35.5. The third kappa shape index (κ3) is 5.91. The molecule has 220 valence electrons. The minimum absolute atomic E-state index is 0. The molecular weight excluding hydrogens is 576 g/mol. The van der Waals surface area contributed by atoms with Crippen molar-refractivity contribution < 1.29 is 4.52 Å². The van der Waals surface area contributed by atoms with E-state index in [4.69, 9.17) is 4.52 Å². The molecule has 0 saturated carbocycles. The van der Waals surface area contributed by atoms with E-state index in [-0.39, 0.29) is 23.7 Å². The van der Waals surface area contributed by atoms with E-state index in [2.05, 4.69) is 33.9 Å². The number of aromatic nitrogens is 4. The second kappa shape index (κ2) is 12.6. The van der Waals surface area contributed by atoms with Crippen LogP contribution in [0.5, 0.6) is 0 Å². The Bertz CT molecular complexity index is 1860. The van der Waals surface area contributed by atoms with Gasteiger partial charge in [0.25, 0.3) is 5.56 Å². The minimum atomic E-state index is -0.605. The number of H-pyrrole nitrogens is 1. The summed E-state index contributed by atoms with van der Waals surface area (Å²) >= 11 is 1.52. The molecule has 1 fully saturated rings. The first kappa shape index (κ1) is 29.7. The lowest BCUT2D eigenvalue weighted by Crippen LogP contribution is -2.47. The maximum atomic E-state index is 13.8. The first-order valence-corrected chi connectivity index (χ1v) is 14.6. The van der Waals surface area contributed by atoms with E-state index in [0.29, 0.717) is 30.8 Å². The van der Waals surface area contributed by atoms with Crippen LogP contribution >= 0.6 is 23.7 Å². The molecule has 0 radical (unpaired) electrons. The number of aryl methyl sites for hydroxylation is 1. The van der Waals surface area contributed by atoms with Gasteiger partial charge in [-0.15, -0.1) is 23.7 Å². The van der Waals surface area contributed by atoms with Crippen molar-refractivity contribution in [2.24, 2.45) is 0 Å². The Hall–Kier alpha value is -3.77. The summed E-state index contributed by atoms with van der Waals surface area (Å²) in [6.45, 7) is 7.29. The predicted molar refractivity (Wildman–Crippen MR) is 168 cm³/mol. The van der Waals surface area contributed by atoms with Crippen molar-refractivity contribution in [1.82, 2.24) is 29.1 Å². The zero-order valence-corrected chi connectivity index (χ0v) is 25.2. The maximum Gasteiger partial charge on any atom is 0.439 e. The monoisotopic (exact) mass is 608 g/mol. The molecule has 3 aromatic heterocycles. The highest BCUT2D eigenvalue weighted by molar-refractivity contribution is 7.18. The van der Waals surface area contributed by atoms with Crippen LogP contribution in [0.4, 0.5) is 0 Å². The van der Waals surface area contributed by atoms with Crippen LogP contribution in [0.3, 0.4) is 0 Å².